The minimum atomic E-state index is -0.850. The van der Waals surface area contributed by atoms with E-state index in [2.05, 4.69) is 43.6 Å². The zero-order chi connectivity index (χ0) is 13.4. The molecule has 0 radical (unpaired) electrons. The molecular weight excluding hydrogens is 242 g/mol. The van der Waals surface area contributed by atoms with Crippen LogP contribution in [0.4, 0.5) is 0 Å². The maximum absolute atomic E-state index is 10.7. The van der Waals surface area contributed by atoms with Crippen molar-refractivity contribution in [2.75, 3.05) is 6.54 Å². The molecule has 98 valence electrons. The van der Waals surface area contributed by atoms with E-state index in [1.807, 2.05) is 19.1 Å². The van der Waals surface area contributed by atoms with Crippen molar-refractivity contribution in [3.05, 3.63) is 35.2 Å². The standard InChI is InChI=1S/C15H21NOS/c1-14(2,3)16-10-15(4,17)12-7-5-6-11-8-9-18-13(11)12/h5-9,16-17H,10H2,1-4H3. The van der Waals surface area contributed by atoms with Gasteiger partial charge in [0.2, 0.25) is 0 Å². The van der Waals surface area contributed by atoms with Gasteiger partial charge in [-0.15, -0.1) is 11.3 Å². The summed E-state index contributed by atoms with van der Waals surface area (Å²) in [7, 11) is 0. The summed E-state index contributed by atoms with van der Waals surface area (Å²) in [5, 5.41) is 17.4. The van der Waals surface area contributed by atoms with Crippen molar-refractivity contribution in [1.29, 1.82) is 0 Å². The zero-order valence-corrected chi connectivity index (χ0v) is 12.3. The van der Waals surface area contributed by atoms with E-state index < -0.39 is 5.60 Å². The number of nitrogens with one attached hydrogen (secondary N) is 1. The van der Waals surface area contributed by atoms with Crippen molar-refractivity contribution in [1.82, 2.24) is 5.32 Å². The Morgan fingerprint density at radius 1 is 1.17 bits per heavy atom. The Balaban J connectivity index is 2.31. The number of benzene rings is 1. The van der Waals surface area contributed by atoms with Crippen LogP contribution in [0.5, 0.6) is 0 Å². The highest BCUT2D eigenvalue weighted by atomic mass is 32.1. The summed E-state index contributed by atoms with van der Waals surface area (Å²) < 4.78 is 1.18. The Morgan fingerprint density at radius 3 is 2.56 bits per heavy atom. The summed E-state index contributed by atoms with van der Waals surface area (Å²) in [4.78, 5) is 0. The zero-order valence-electron chi connectivity index (χ0n) is 11.4. The first-order valence-electron chi connectivity index (χ1n) is 6.24. The van der Waals surface area contributed by atoms with E-state index >= 15 is 0 Å². The van der Waals surface area contributed by atoms with Crippen LogP contribution in [0.2, 0.25) is 0 Å². The first-order valence-corrected chi connectivity index (χ1v) is 7.12. The third kappa shape index (κ3) is 2.91. The lowest BCUT2D eigenvalue weighted by Gasteiger charge is -2.30. The number of fused-ring (bicyclic) bond motifs is 1. The van der Waals surface area contributed by atoms with Crippen LogP contribution in [0.1, 0.15) is 33.3 Å². The van der Waals surface area contributed by atoms with Crippen molar-refractivity contribution in [2.24, 2.45) is 0 Å². The normalized spacial score (nSPS) is 15.8. The molecule has 0 spiro atoms. The molecule has 0 amide bonds. The number of hydrogen-bond acceptors (Lipinski definition) is 3. The van der Waals surface area contributed by atoms with Crippen LogP contribution >= 0.6 is 11.3 Å². The van der Waals surface area contributed by atoms with Crippen LogP contribution < -0.4 is 5.32 Å². The molecule has 2 nitrogen and oxygen atoms in total. The maximum atomic E-state index is 10.7. The van der Waals surface area contributed by atoms with Gasteiger partial charge in [-0.05, 0) is 44.5 Å². The van der Waals surface area contributed by atoms with E-state index in [0.717, 1.165) is 5.56 Å². The molecule has 1 heterocycles. The Morgan fingerprint density at radius 2 is 1.89 bits per heavy atom. The van der Waals surface area contributed by atoms with Gasteiger partial charge < -0.3 is 10.4 Å². The van der Waals surface area contributed by atoms with E-state index in [4.69, 9.17) is 0 Å². The van der Waals surface area contributed by atoms with E-state index in [1.165, 1.54) is 10.1 Å². The van der Waals surface area contributed by atoms with Crippen LogP contribution in [-0.2, 0) is 5.60 Å². The summed E-state index contributed by atoms with van der Waals surface area (Å²) in [5.41, 5.74) is 0.164. The summed E-state index contributed by atoms with van der Waals surface area (Å²) in [6, 6.07) is 8.21. The SMILES string of the molecule is CC(C)(C)NCC(C)(O)c1cccc2ccsc12. The highest BCUT2D eigenvalue weighted by molar-refractivity contribution is 7.17. The molecular formula is C15H21NOS. The van der Waals surface area contributed by atoms with Gasteiger partial charge in [0.15, 0.2) is 0 Å². The molecule has 2 rings (SSSR count). The predicted octanol–water partition coefficient (Wildman–Crippen LogP) is 3.50. The van der Waals surface area contributed by atoms with Gasteiger partial charge in [0.1, 0.15) is 5.60 Å². The average molecular weight is 263 g/mol. The number of β-amino-alcohol motifs (C(OH)–C–C–N with tert-alkyl or cyclic N) is 1. The second-order valence-corrected chi connectivity index (χ2v) is 6.94. The maximum Gasteiger partial charge on any atom is 0.101 e. The molecule has 0 bridgehead atoms. The van der Waals surface area contributed by atoms with Gasteiger partial charge in [0.05, 0.1) is 0 Å². The fourth-order valence-corrected chi connectivity index (χ4v) is 2.99. The molecule has 1 atom stereocenters. The highest BCUT2D eigenvalue weighted by Crippen LogP contribution is 2.32. The topological polar surface area (TPSA) is 32.3 Å². The van der Waals surface area contributed by atoms with Crippen molar-refractivity contribution in [2.45, 2.75) is 38.8 Å². The van der Waals surface area contributed by atoms with E-state index in [9.17, 15) is 5.11 Å². The van der Waals surface area contributed by atoms with Gasteiger partial charge in [-0.25, -0.2) is 0 Å². The van der Waals surface area contributed by atoms with Crippen molar-refractivity contribution in [3.8, 4) is 0 Å². The number of rotatable bonds is 3. The van der Waals surface area contributed by atoms with E-state index in [0.29, 0.717) is 6.54 Å². The summed E-state index contributed by atoms with van der Waals surface area (Å²) in [6.07, 6.45) is 0. The molecule has 2 aromatic rings. The fourth-order valence-electron chi connectivity index (χ4n) is 1.95. The molecule has 1 unspecified atom stereocenters. The minimum absolute atomic E-state index is 0.00728. The molecule has 2 N–H and O–H groups in total. The number of hydrogen-bond donors (Lipinski definition) is 2. The van der Waals surface area contributed by atoms with Crippen LogP contribution in [0.25, 0.3) is 10.1 Å². The lowest BCUT2D eigenvalue weighted by molar-refractivity contribution is 0.0518. The third-order valence-electron chi connectivity index (χ3n) is 3.02. The van der Waals surface area contributed by atoms with Crippen LogP contribution in [0, 0.1) is 0 Å². The van der Waals surface area contributed by atoms with E-state index in [-0.39, 0.29) is 5.54 Å². The molecule has 0 saturated heterocycles. The molecule has 0 aliphatic heterocycles. The smallest absolute Gasteiger partial charge is 0.101 e. The molecule has 0 saturated carbocycles. The second-order valence-electron chi connectivity index (χ2n) is 6.02. The lowest BCUT2D eigenvalue weighted by atomic mass is 9.94. The van der Waals surface area contributed by atoms with Crippen molar-refractivity contribution < 1.29 is 5.11 Å². The van der Waals surface area contributed by atoms with Gasteiger partial charge in [0, 0.05) is 22.3 Å². The second kappa shape index (κ2) is 4.65. The lowest BCUT2D eigenvalue weighted by Crippen LogP contribution is -2.44. The third-order valence-corrected chi connectivity index (χ3v) is 3.99. The first-order chi connectivity index (χ1) is 8.30. The Bertz CT molecular complexity index is 537. The first kappa shape index (κ1) is 13.5. The van der Waals surface area contributed by atoms with E-state index in [1.54, 1.807) is 11.3 Å². The molecule has 0 aliphatic carbocycles. The molecule has 0 aliphatic rings. The monoisotopic (exact) mass is 263 g/mol. The quantitative estimate of drug-likeness (QED) is 0.888. The number of aliphatic hydroxyl groups is 1. The average Bonchev–Trinajstić information content (AvgIpc) is 2.73. The molecule has 1 aromatic carbocycles. The van der Waals surface area contributed by atoms with Gasteiger partial charge in [-0.2, -0.15) is 0 Å². The van der Waals surface area contributed by atoms with Gasteiger partial charge in [0.25, 0.3) is 0 Å². The Kier molecular flexibility index (Phi) is 3.49. The summed E-state index contributed by atoms with van der Waals surface area (Å²) >= 11 is 1.69. The van der Waals surface area contributed by atoms with Gasteiger partial charge in [-0.1, -0.05) is 18.2 Å². The molecule has 0 fully saturated rings. The van der Waals surface area contributed by atoms with Crippen LogP contribution in [-0.4, -0.2) is 17.2 Å². The molecule has 1 aromatic heterocycles. The molecule has 18 heavy (non-hydrogen) atoms. The van der Waals surface area contributed by atoms with Crippen LogP contribution in [0.15, 0.2) is 29.6 Å². The molecule has 3 heteroatoms. The summed E-state index contributed by atoms with van der Waals surface area (Å²) in [5.74, 6) is 0. The Labute approximate surface area is 113 Å². The minimum Gasteiger partial charge on any atom is -0.384 e. The highest BCUT2D eigenvalue weighted by Gasteiger charge is 2.27. The predicted molar refractivity (Wildman–Crippen MR) is 79.2 cm³/mol. The fraction of sp³-hybridized carbons (Fsp3) is 0.467. The van der Waals surface area contributed by atoms with Crippen molar-refractivity contribution >= 4 is 21.4 Å². The van der Waals surface area contributed by atoms with Crippen LogP contribution in [0.3, 0.4) is 0 Å². The summed E-state index contributed by atoms with van der Waals surface area (Å²) in [6.45, 7) is 8.74. The van der Waals surface area contributed by atoms with Crippen molar-refractivity contribution in [3.63, 3.8) is 0 Å². The number of thiophene rings is 1. The largest absolute Gasteiger partial charge is 0.384 e. The van der Waals surface area contributed by atoms with Gasteiger partial charge >= 0.3 is 0 Å². The van der Waals surface area contributed by atoms with Gasteiger partial charge in [-0.3, -0.25) is 0 Å². The Hall–Kier alpha value is -0.900.